The summed E-state index contributed by atoms with van der Waals surface area (Å²) in [4.78, 5) is 2.43. The number of aromatic nitrogens is 2. The van der Waals surface area contributed by atoms with Crippen molar-refractivity contribution >= 4 is 16.5 Å². The smallest absolute Gasteiger partial charge is 0.208 e. The molecule has 5 heteroatoms. The standard InChI is InChI=1S/C15H16FN3S/c16-12-4-1-10(2-5-12)8-14-17-18-15(20-14)19-9-11-3-6-13(19)7-11/h1-2,4-5,11,13H,3,6-9H2. The predicted octanol–water partition coefficient (Wildman–Crippen LogP) is 3.26. The normalized spacial score (nSPS) is 24.6. The zero-order valence-electron chi connectivity index (χ0n) is 11.1. The summed E-state index contributed by atoms with van der Waals surface area (Å²) >= 11 is 1.68. The average molecular weight is 289 g/mol. The first-order valence-corrected chi connectivity index (χ1v) is 7.93. The van der Waals surface area contributed by atoms with E-state index in [4.69, 9.17) is 0 Å². The number of halogens is 1. The Morgan fingerprint density at radius 1 is 1.20 bits per heavy atom. The molecule has 1 aromatic carbocycles. The third-order valence-corrected chi connectivity index (χ3v) is 5.34. The van der Waals surface area contributed by atoms with Crippen LogP contribution in [0.25, 0.3) is 0 Å². The van der Waals surface area contributed by atoms with Gasteiger partial charge in [0.2, 0.25) is 5.13 Å². The van der Waals surface area contributed by atoms with E-state index in [9.17, 15) is 4.39 Å². The molecule has 1 saturated carbocycles. The lowest BCUT2D eigenvalue weighted by molar-refractivity contribution is 0.552. The molecule has 0 amide bonds. The van der Waals surface area contributed by atoms with Gasteiger partial charge in [0.15, 0.2) is 0 Å². The van der Waals surface area contributed by atoms with Gasteiger partial charge < -0.3 is 4.90 Å². The molecule has 1 aliphatic heterocycles. The van der Waals surface area contributed by atoms with Crippen molar-refractivity contribution in [2.24, 2.45) is 5.92 Å². The highest BCUT2D eigenvalue weighted by Crippen LogP contribution is 2.41. The molecule has 2 atom stereocenters. The van der Waals surface area contributed by atoms with E-state index < -0.39 is 0 Å². The number of benzene rings is 1. The Hall–Kier alpha value is -1.49. The number of hydrogen-bond donors (Lipinski definition) is 0. The molecule has 104 valence electrons. The van der Waals surface area contributed by atoms with Gasteiger partial charge in [-0.15, -0.1) is 10.2 Å². The summed E-state index contributed by atoms with van der Waals surface area (Å²) in [5.74, 6) is 0.671. The van der Waals surface area contributed by atoms with Crippen molar-refractivity contribution in [2.75, 3.05) is 11.4 Å². The molecule has 0 N–H and O–H groups in total. The highest BCUT2D eigenvalue weighted by molar-refractivity contribution is 7.15. The molecule has 1 aromatic heterocycles. The quantitative estimate of drug-likeness (QED) is 0.868. The first kappa shape index (κ1) is 12.3. The molecule has 2 aromatic rings. The summed E-state index contributed by atoms with van der Waals surface area (Å²) in [6.07, 6.45) is 4.74. The monoisotopic (exact) mass is 289 g/mol. The van der Waals surface area contributed by atoms with E-state index in [2.05, 4.69) is 15.1 Å². The topological polar surface area (TPSA) is 29.0 Å². The lowest BCUT2D eigenvalue weighted by Crippen LogP contribution is -2.31. The molecule has 0 spiro atoms. The van der Waals surface area contributed by atoms with Crippen LogP contribution in [0.15, 0.2) is 24.3 Å². The number of anilines is 1. The van der Waals surface area contributed by atoms with E-state index in [1.165, 1.54) is 31.4 Å². The van der Waals surface area contributed by atoms with E-state index in [1.807, 2.05) is 12.1 Å². The fourth-order valence-corrected chi connectivity index (χ4v) is 4.32. The first-order valence-electron chi connectivity index (χ1n) is 7.11. The zero-order chi connectivity index (χ0) is 13.5. The maximum absolute atomic E-state index is 12.9. The molecule has 1 aliphatic carbocycles. The SMILES string of the molecule is Fc1ccc(Cc2nnc(N3CC4CCC3C4)s2)cc1. The van der Waals surface area contributed by atoms with Crippen LogP contribution in [-0.4, -0.2) is 22.8 Å². The van der Waals surface area contributed by atoms with Crippen LogP contribution in [0.3, 0.4) is 0 Å². The number of fused-ring (bicyclic) bond motifs is 2. The molecular weight excluding hydrogens is 273 g/mol. The summed E-state index contributed by atoms with van der Waals surface area (Å²) < 4.78 is 12.9. The van der Waals surface area contributed by atoms with Crippen LogP contribution in [0.1, 0.15) is 29.8 Å². The molecule has 3 nitrogen and oxygen atoms in total. The van der Waals surface area contributed by atoms with Crippen LogP contribution < -0.4 is 4.90 Å². The average Bonchev–Trinajstić information content (AvgIpc) is 3.17. The van der Waals surface area contributed by atoms with Crippen molar-refractivity contribution in [2.45, 2.75) is 31.7 Å². The largest absolute Gasteiger partial charge is 0.343 e. The number of hydrogen-bond acceptors (Lipinski definition) is 4. The lowest BCUT2D eigenvalue weighted by Gasteiger charge is -2.25. The summed E-state index contributed by atoms with van der Waals surface area (Å²) in [7, 11) is 0. The van der Waals surface area contributed by atoms with Gasteiger partial charge in [-0.1, -0.05) is 23.5 Å². The van der Waals surface area contributed by atoms with Gasteiger partial charge in [0.1, 0.15) is 10.8 Å². The van der Waals surface area contributed by atoms with Crippen LogP contribution in [0.5, 0.6) is 0 Å². The van der Waals surface area contributed by atoms with Crippen molar-refractivity contribution in [3.05, 3.63) is 40.7 Å². The summed E-state index contributed by atoms with van der Waals surface area (Å²) in [6, 6.07) is 7.31. The summed E-state index contributed by atoms with van der Waals surface area (Å²) in [5, 5.41) is 10.7. The molecule has 2 bridgehead atoms. The van der Waals surface area contributed by atoms with Crippen LogP contribution in [0.4, 0.5) is 9.52 Å². The fourth-order valence-electron chi connectivity index (χ4n) is 3.37. The van der Waals surface area contributed by atoms with Gasteiger partial charge >= 0.3 is 0 Å². The summed E-state index contributed by atoms with van der Waals surface area (Å²) in [5.41, 5.74) is 1.08. The lowest BCUT2D eigenvalue weighted by atomic mass is 10.1. The Balaban J connectivity index is 1.49. The molecular formula is C15H16FN3S. The summed E-state index contributed by atoms with van der Waals surface area (Å²) in [6.45, 7) is 1.15. The Bertz CT molecular complexity index is 610. The van der Waals surface area contributed by atoms with Crippen molar-refractivity contribution in [1.29, 1.82) is 0 Å². The number of piperidine rings is 1. The van der Waals surface area contributed by atoms with E-state index in [-0.39, 0.29) is 5.82 Å². The molecule has 2 aliphatic rings. The van der Waals surface area contributed by atoms with Crippen LogP contribution in [0, 0.1) is 11.7 Å². The predicted molar refractivity (Wildman–Crippen MR) is 77.6 cm³/mol. The van der Waals surface area contributed by atoms with Crippen molar-refractivity contribution in [3.8, 4) is 0 Å². The Morgan fingerprint density at radius 3 is 2.75 bits per heavy atom. The van der Waals surface area contributed by atoms with Gasteiger partial charge in [0.05, 0.1) is 0 Å². The molecule has 20 heavy (non-hydrogen) atoms. The van der Waals surface area contributed by atoms with Gasteiger partial charge in [-0.3, -0.25) is 0 Å². The minimum atomic E-state index is -0.195. The molecule has 2 fully saturated rings. The van der Waals surface area contributed by atoms with Crippen LogP contribution in [0.2, 0.25) is 0 Å². The molecule has 0 radical (unpaired) electrons. The maximum Gasteiger partial charge on any atom is 0.208 e. The van der Waals surface area contributed by atoms with Gasteiger partial charge in [-0.25, -0.2) is 4.39 Å². The first-order chi connectivity index (χ1) is 9.78. The second-order valence-electron chi connectivity index (χ2n) is 5.77. The second kappa shape index (κ2) is 4.81. The van der Waals surface area contributed by atoms with E-state index >= 15 is 0 Å². The van der Waals surface area contributed by atoms with Crippen LogP contribution >= 0.6 is 11.3 Å². The zero-order valence-corrected chi connectivity index (χ0v) is 11.9. The Labute approximate surface area is 121 Å². The Kier molecular flexibility index (Phi) is 2.95. The van der Waals surface area contributed by atoms with Gasteiger partial charge in [0.25, 0.3) is 0 Å². The molecule has 2 heterocycles. The molecule has 2 unspecified atom stereocenters. The van der Waals surface area contributed by atoms with Crippen molar-refractivity contribution < 1.29 is 4.39 Å². The maximum atomic E-state index is 12.9. The highest BCUT2D eigenvalue weighted by atomic mass is 32.1. The van der Waals surface area contributed by atoms with Crippen molar-refractivity contribution in [1.82, 2.24) is 10.2 Å². The van der Waals surface area contributed by atoms with Crippen molar-refractivity contribution in [3.63, 3.8) is 0 Å². The van der Waals surface area contributed by atoms with E-state index in [1.54, 1.807) is 11.3 Å². The molecule has 1 saturated heterocycles. The van der Waals surface area contributed by atoms with Gasteiger partial charge in [0, 0.05) is 19.0 Å². The second-order valence-corrected chi connectivity index (χ2v) is 6.81. The molecule has 4 rings (SSSR count). The van der Waals surface area contributed by atoms with Gasteiger partial charge in [-0.2, -0.15) is 0 Å². The third kappa shape index (κ3) is 2.20. The minimum absolute atomic E-state index is 0.195. The van der Waals surface area contributed by atoms with Crippen LogP contribution in [-0.2, 0) is 6.42 Å². The highest BCUT2D eigenvalue weighted by Gasteiger charge is 2.39. The third-order valence-electron chi connectivity index (χ3n) is 4.38. The minimum Gasteiger partial charge on any atom is -0.343 e. The number of nitrogens with zero attached hydrogens (tertiary/aromatic N) is 3. The fraction of sp³-hybridized carbons (Fsp3) is 0.467. The Morgan fingerprint density at radius 2 is 2.05 bits per heavy atom. The van der Waals surface area contributed by atoms with E-state index in [0.29, 0.717) is 6.04 Å². The van der Waals surface area contributed by atoms with E-state index in [0.717, 1.165) is 34.6 Å². The number of rotatable bonds is 3. The van der Waals surface area contributed by atoms with Gasteiger partial charge in [-0.05, 0) is 42.9 Å².